The zero-order valence-corrected chi connectivity index (χ0v) is 15.1. The molecule has 0 heterocycles. The summed E-state index contributed by atoms with van der Waals surface area (Å²) in [5.74, 6) is 3.01. The Morgan fingerprint density at radius 2 is 2.21 bits per heavy atom. The Morgan fingerprint density at radius 1 is 1.37 bits per heavy atom. The molecule has 19 heavy (non-hydrogen) atoms. The Hall–Kier alpha value is 0.390. The molecular formula is C16H21BrIN. The third-order valence-electron chi connectivity index (χ3n) is 5.10. The molecule has 4 atom stereocenters. The van der Waals surface area contributed by atoms with Gasteiger partial charge in [-0.25, -0.2) is 0 Å². The third kappa shape index (κ3) is 3.03. The van der Waals surface area contributed by atoms with Gasteiger partial charge in [0.25, 0.3) is 0 Å². The molecule has 3 heteroatoms. The van der Waals surface area contributed by atoms with Crippen molar-refractivity contribution in [2.24, 2.45) is 17.8 Å². The van der Waals surface area contributed by atoms with E-state index in [4.69, 9.17) is 0 Å². The summed E-state index contributed by atoms with van der Waals surface area (Å²) in [6.45, 7) is 0. The van der Waals surface area contributed by atoms with Crippen molar-refractivity contribution in [3.05, 3.63) is 31.8 Å². The van der Waals surface area contributed by atoms with Crippen LogP contribution < -0.4 is 5.32 Å². The van der Waals surface area contributed by atoms with Crippen molar-refractivity contribution in [1.29, 1.82) is 0 Å². The van der Waals surface area contributed by atoms with Gasteiger partial charge in [0, 0.05) is 14.1 Å². The van der Waals surface area contributed by atoms with Gasteiger partial charge in [0.1, 0.15) is 0 Å². The van der Waals surface area contributed by atoms with Crippen LogP contribution in [0.4, 0.5) is 0 Å². The summed E-state index contributed by atoms with van der Waals surface area (Å²) in [5.41, 5.74) is 1.43. The van der Waals surface area contributed by atoms with Gasteiger partial charge in [0.15, 0.2) is 0 Å². The fourth-order valence-corrected chi connectivity index (χ4v) is 5.19. The predicted molar refractivity (Wildman–Crippen MR) is 92.2 cm³/mol. The molecule has 1 aromatic carbocycles. The normalized spacial score (nSPS) is 30.8. The van der Waals surface area contributed by atoms with Crippen molar-refractivity contribution in [2.75, 3.05) is 7.05 Å². The number of fused-ring (bicyclic) bond motifs is 2. The standard InChI is InChI=1S/C16H21BrIN/c1-19-16(14-9-13(18)4-5-15(14)17)8-12-7-10-2-3-11(12)6-10/h4-5,9-12,16,19H,2-3,6-8H2,1H3. The summed E-state index contributed by atoms with van der Waals surface area (Å²) >= 11 is 6.13. The first-order valence-corrected chi connectivity index (χ1v) is 9.16. The molecule has 3 rings (SSSR count). The highest BCUT2D eigenvalue weighted by molar-refractivity contribution is 14.1. The molecule has 0 spiro atoms. The second-order valence-corrected chi connectivity index (χ2v) is 8.28. The van der Waals surface area contributed by atoms with Gasteiger partial charge in [-0.1, -0.05) is 22.4 Å². The molecule has 1 N–H and O–H groups in total. The minimum atomic E-state index is 0.494. The van der Waals surface area contributed by atoms with Crippen LogP contribution in [0.5, 0.6) is 0 Å². The van der Waals surface area contributed by atoms with Gasteiger partial charge in [-0.2, -0.15) is 0 Å². The minimum Gasteiger partial charge on any atom is -0.313 e. The smallest absolute Gasteiger partial charge is 0.0331 e. The van der Waals surface area contributed by atoms with Crippen molar-refractivity contribution < 1.29 is 0 Å². The fourth-order valence-electron chi connectivity index (χ4n) is 4.15. The maximum Gasteiger partial charge on any atom is 0.0331 e. The van der Waals surface area contributed by atoms with Crippen LogP contribution in [0.3, 0.4) is 0 Å². The fraction of sp³-hybridized carbons (Fsp3) is 0.625. The first-order chi connectivity index (χ1) is 9.17. The Balaban J connectivity index is 1.75. The first-order valence-electron chi connectivity index (χ1n) is 7.29. The van der Waals surface area contributed by atoms with Crippen LogP contribution in [0, 0.1) is 21.3 Å². The molecule has 2 aliphatic rings. The second kappa shape index (κ2) is 6.02. The molecule has 104 valence electrons. The Kier molecular flexibility index (Phi) is 4.54. The maximum absolute atomic E-state index is 3.72. The number of benzene rings is 1. The molecule has 2 bridgehead atoms. The number of nitrogens with one attached hydrogen (secondary N) is 1. The first kappa shape index (κ1) is 14.3. The summed E-state index contributed by atoms with van der Waals surface area (Å²) in [4.78, 5) is 0. The van der Waals surface area contributed by atoms with Crippen molar-refractivity contribution in [3.63, 3.8) is 0 Å². The van der Waals surface area contributed by atoms with E-state index in [1.54, 1.807) is 0 Å². The highest BCUT2D eigenvalue weighted by Gasteiger charge is 2.40. The quantitative estimate of drug-likeness (QED) is 0.648. The van der Waals surface area contributed by atoms with Crippen molar-refractivity contribution in [1.82, 2.24) is 5.32 Å². The molecule has 2 aliphatic carbocycles. The van der Waals surface area contributed by atoms with E-state index >= 15 is 0 Å². The minimum absolute atomic E-state index is 0.494. The molecular weight excluding hydrogens is 413 g/mol. The molecule has 0 amide bonds. The van der Waals surface area contributed by atoms with E-state index in [0.29, 0.717) is 6.04 Å². The predicted octanol–water partition coefficient (Wildman–Crippen LogP) is 5.14. The lowest BCUT2D eigenvalue weighted by Crippen LogP contribution is -2.23. The highest BCUT2D eigenvalue weighted by Crippen LogP contribution is 2.51. The summed E-state index contributed by atoms with van der Waals surface area (Å²) in [7, 11) is 2.10. The molecule has 4 unspecified atom stereocenters. The average Bonchev–Trinajstić information content (AvgIpc) is 3.01. The molecule has 1 nitrogen and oxygen atoms in total. The SMILES string of the molecule is CNC(CC1CC2CCC1C2)c1cc(I)ccc1Br. The van der Waals surface area contributed by atoms with E-state index in [9.17, 15) is 0 Å². The number of halogens is 2. The van der Waals surface area contributed by atoms with Gasteiger partial charge in [-0.15, -0.1) is 0 Å². The van der Waals surface area contributed by atoms with E-state index < -0.39 is 0 Å². The van der Waals surface area contributed by atoms with Gasteiger partial charge >= 0.3 is 0 Å². The lowest BCUT2D eigenvalue weighted by molar-refractivity contribution is 0.284. The van der Waals surface area contributed by atoms with Crippen LogP contribution in [-0.2, 0) is 0 Å². The van der Waals surface area contributed by atoms with Crippen molar-refractivity contribution in [3.8, 4) is 0 Å². The van der Waals surface area contributed by atoms with Crippen LogP contribution in [0.25, 0.3) is 0 Å². The summed E-state index contributed by atoms with van der Waals surface area (Å²) < 4.78 is 2.57. The molecule has 1 aromatic rings. The van der Waals surface area contributed by atoms with Gasteiger partial charge < -0.3 is 5.32 Å². The number of hydrogen-bond donors (Lipinski definition) is 1. The summed E-state index contributed by atoms with van der Waals surface area (Å²) in [5, 5.41) is 3.54. The van der Waals surface area contributed by atoms with Crippen LogP contribution in [0.15, 0.2) is 22.7 Å². The third-order valence-corrected chi connectivity index (χ3v) is 6.50. The number of rotatable bonds is 4. The van der Waals surface area contributed by atoms with Crippen LogP contribution in [-0.4, -0.2) is 7.05 Å². The average molecular weight is 434 g/mol. The Morgan fingerprint density at radius 3 is 2.84 bits per heavy atom. The monoisotopic (exact) mass is 433 g/mol. The summed E-state index contributed by atoms with van der Waals surface area (Å²) in [6.07, 6.45) is 7.27. The molecule has 2 fully saturated rings. The molecule has 0 aromatic heterocycles. The van der Waals surface area contributed by atoms with E-state index in [2.05, 4.69) is 69.1 Å². The zero-order valence-electron chi connectivity index (χ0n) is 11.3. The van der Waals surface area contributed by atoms with Gasteiger partial charge in [0.2, 0.25) is 0 Å². The zero-order chi connectivity index (χ0) is 13.4. The van der Waals surface area contributed by atoms with Crippen molar-refractivity contribution in [2.45, 2.75) is 38.1 Å². The van der Waals surface area contributed by atoms with E-state index in [-0.39, 0.29) is 0 Å². The second-order valence-electron chi connectivity index (χ2n) is 6.18. The van der Waals surface area contributed by atoms with E-state index in [0.717, 1.165) is 17.8 Å². The lowest BCUT2D eigenvalue weighted by atomic mass is 9.83. The number of hydrogen-bond acceptors (Lipinski definition) is 1. The van der Waals surface area contributed by atoms with Crippen LogP contribution >= 0.6 is 38.5 Å². The van der Waals surface area contributed by atoms with E-state index in [1.807, 2.05) is 0 Å². The van der Waals surface area contributed by atoms with Crippen LogP contribution in [0.2, 0.25) is 0 Å². The highest BCUT2D eigenvalue weighted by atomic mass is 127. The van der Waals surface area contributed by atoms with Gasteiger partial charge in [0.05, 0.1) is 0 Å². The molecule has 0 radical (unpaired) electrons. The molecule has 0 saturated heterocycles. The van der Waals surface area contributed by atoms with Gasteiger partial charge in [-0.05, 0) is 96.8 Å². The largest absolute Gasteiger partial charge is 0.313 e. The Labute approximate surface area is 138 Å². The summed E-state index contributed by atoms with van der Waals surface area (Å²) in [6, 6.07) is 7.16. The maximum atomic E-state index is 3.72. The van der Waals surface area contributed by atoms with E-state index in [1.165, 1.54) is 45.7 Å². The molecule has 0 aliphatic heterocycles. The Bertz CT molecular complexity index is 462. The van der Waals surface area contributed by atoms with Crippen molar-refractivity contribution >= 4 is 38.5 Å². The lowest BCUT2D eigenvalue weighted by Gasteiger charge is -2.27. The van der Waals surface area contributed by atoms with Gasteiger partial charge in [-0.3, -0.25) is 0 Å². The molecule has 2 saturated carbocycles. The topological polar surface area (TPSA) is 12.0 Å². The van der Waals surface area contributed by atoms with Crippen LogP contribution in [0.1, 0.15) is 43.7 Å².